The first-order chi connectivity index (χ1) is 14.3. The van der Waals surface area contributed by atoms with Crippen molar-refractivity contribution in [2.24, 2.45) is 10.8 Å². The number of nitrogens with zero attached hydrogens (tertiary/aromatic N) is 4. The minimum Gasteiger partial charge on any atom is -0.342 e. The van der Waals surface area contributed by atoms with Gasteiger partial charge in [0, 0.05) is 63.7 Å². The molecule has 8 heteroatoms. The zero-order chi connectivity index (χ0) is 21.5. The molecule has 7 nitrogen and oxygen atoms in total. The summed E-state index contributed by atoms with van der Waals surface area (Å²) in [6.45, 7) is 5.94. The summed E-state index contributed by atoms with van der Waals surface area (Å²) in [7, 11) is 3.53. The third-order valence-electron chi connectivity index (χ3n) is 7.49. The molecule has 4 heterocycles. The third-order valence-corrected chi connectivity index (χ3v) is 8.36. The fraction of sp³-hybridized carbons (Fsp3) is 0.682. The summed E-state index contributed by atoms with van der Waals surface area (Å²) in [5.74, 6) is 0.367. The van der Waals surface area contributed by atoms with Gasteiger partial charge in [-0.3, -0.25) is 9.59 Å². The maximum absolute atomic E-state index is 13.5. The summed E-state index contributed by atoms with van der Waals surface area (Å²) < 4.78 is 0. The van der Waals surface area contributed by atoms with Crippen molar-refractivity contribution in [3.63, 3.8) is 0 Å². The van der Waals surface area contributed by atoms with Crippen LogP contribution in [0.4, 0.5) is 4.79 Å². The van der Waals surface area contributed by atoms with Crippen LogP contribution in [0.5, 0.6) is 0 Å². The van der Waals surface area contributed by atoms with Gasteiger partial charge in [-0.15, -0.1) is 11.3 Å². The Morgan fingerprint density at radius 1 is 1.10 bits per heavy atom. The molecule has 0 radical (unpaired) electrons. The molecule has 0 aliphatic carbocycles. The number of carbonyl (C=O) groups excluding carboxylic acids is 3. The van der Waals surface area contributed by atoms with Crippen LogP contribution in [0.1, 0.15) is 31.1 Å². The zero-order valence-electron chi connectivity index (χ0n) is 18.2. The summed E-state index contributed by atoms with van der Waals surface area (Å²) in [4.78, 5) is 47.5. The van der Waals surface area contributed by atoms with E-state index in [0.717, 1.165) is 30.7 Å². The number of carbonyl (C=O) groups is 3. The number of piperidine rings is 1. The second-order valence-electron chi connectivity index (χ2n) is 9.17. The molecule has 30 heavy (non-hydrogen) atoms. The lowest BCUT2D eigenvalue weighted by atomic mass is 9.60. The van der Waals surface area contributed by atoms with E-state index in [0.29, 0.717) is 39.1 Å². The van der Waals surface area contributed by atoms with E-state index in [2.05, 4.69) is 0 Å². The second kappa shape index (κ2) is 7.87. The topological polar surface area (TPSA) is 64.2 Å². The third kappa shape index (κ3) is 3.29. The lowest BCUT2D eigenvalue weighted by Gasteiger charge is -2.46. The first kappa shape index (κ1) is 21.2. The maximum atomic E-state index is 13.5. The molecule has 0 saturated carbocycles. The normalized spacial score (nSPS) is 25.6. The van der Waals surface area contributed by atoms with Gasteiger partial charge >= 0.3 is 6.03 Å². The predicted molar refractivity (Wildman–Crippen MR) is 116 cm³/mol. The van der Waals surface area contributed by atoms with Gasteiger partial charge in [0.25, 0.3) is 0 Å². The number of hydrogen-bond acceptors (Lipinski definition) is 4. The minimum absolute atomic E-state index is 0.0230. The molecule has 1 aromatic rings. The molecule has 4 amide bonds. The van der Waals surface area contributed by atoms with Gasteiger partial charge in [0.05, 0.1) is 11.8 Å². The van der Waals surface area contributed by atoms with Crippen LogP contribution in [-0.4, -0.2) is 90.8 Å². The molecule has 3 aliphatic heterocycles. The molecule has 0 aromatic carbocycles. The van der Waals surface area contributed by atoms with E-state index >= 15 is 0 Å². The molecule has 1 unspecified atom stereocenters. The number of thiophene rings is 1. The standard InChI is InChI=1S/C22H32N4O3S/c1-4-24-12-9-22(19(24)28)16-26(20(29)23(2)3)15-21(22)7-10-25(11-8-21)18(27)14-17-6-5-13-30-17/h5-6,13H,4,7-12,14-16H2,1-3H3. The Balaban J connectivity index is 1.54. The molecule has 4 rings (SSSR count). The summed E-state index contributed by atoms with van der Waals surface area (Å²) in [5, 5.41) is 2.00. The Morgan fingerprint density at radius 3 is 2.40 bits per heavy atom. The first-order valence-electron chi connectivity index (χ1n) is 10.9. The fourth-order valence-corrected chi connectivity index (χ4v) is 6.45. The SMILES string of the molecule is CCN1CCC2(CN(C(=O)N(C)C)CC23CCN(C(=O)Cc2cccs2)CC3)C1=O. The molecule has 1 atom stereocenters. The lowest BCUT2D eigenvalue weighted by molar-refractivity contribution is -0.143. The Kier molecular flexibility index (Phi) is 5.55. The van der Waals surface area contributed by atoms with Gasteiger partial charge in [-0.25, -0.2) is 4.79 Å². The minimum atomic E-state index is -0.502. The maximum Gasteiger partial charge on any atom is 0.319 e. The van der Waals surface area contributed by atoms with Crippen molar-refractivity contribution < 1.29 is 14.4 Å². The van der Waals surface area contributed by atoms with Gasteiger partial charge in [-0.1, -0.05) is 6.07 Å². The van der Waals surface area contributed by atoms with E-state index in [9.17, 15) is 14.4 Å². The number of urea groups is 1. The van der Waals surface area contributed by atoms with E-state index in [1.807, 2.05) is 39.1 Å². The largest absolute Gasteiger partial charge is 0.342 e. The Morgan fingerprint density at radius 2 is 1.83 bits per heavy atom. The summed E-state index contributed by atoms with van der Waals surface area (Å²) in [5.41, 5.74) is -0.739. The Labute approximate surface area is 182 Å². The highest BCUT2D eigenvalue weighted by atomic mass is 32.1. The molecule has 0 N–H and O–H groups in total. The average Bonchev–Trinajstić information content (AvgIpc) is 3.43. The van der Waals surface area contributed by atoms with Crippen LogP contribution in [0, 0.1) is 10.8 Å². The highest BCUT2D eigenvalue weighted by Crippen LogP contribution is 2.58. The van der Waals surface area contributed by atoms with Crippen LogP contribution in [0.15, 0.2) is 17.5 Å². The molecular weight excluding hydrogens is 400 g/mol. The molecule has 0 bridgehead atoms. The number of amides is 4. The van der Waals surface area contributed by atoms with Crippen molar-refractivity contribution in [2.45, 2.75) is 32.6 Å². The van der Waals surface area contributed by atoms with Crippen molar-refractivity contribution in [3.05, 3.63) is 22.4 Å². The van der Waals surface area contributed by atoms with E-state index in [1.165, 1.54) is 0 Å². The molecule has 3 aliphatic rings. The highest BCUT2D eigenvalue weighted by Gasteiger charge is 2.65. The number of rotatable bonds is 3. The van der Waals surface area contributed by atoms with Gasteiger partial charge in [-0.2, -0.15) is 0 Å². The van der Waals surface area contributed by atoms with E-state index in [-0.39, 0.29) is 23.3 Å². The monoisotopic (exact) mass is 432 g/mol. The summed E-state index contributed by atoms with van der Waals surface area (Å²) in [6, 6.07) is 3.95. The molecule has 3 fully saturated rings. The van der Waals surface area contributed by atoms with Crippen LogP contribution in [0.25, 0.3) is 0 Å². The number of likely N-dealkylation sites (tertiary alicyclic amines) is 3. The van der Waals surface area contributed by atoms with Crippen LogP contribution in [-0.2, 0) is 16.0 Å². The van der Waals surface area contributed by atoms with Crippen LogP contribution in [0.3, 0.4) is 0 Å². The molecule has 2 spiro atoms. The predicted octanol–water partition coefficient (Wildman–Crippen LogP) is 2.14. The van der Waals surface area contributed by atoms with Gasteiger partial charge < -0.3 is 19.6 Å². The highest BCUT2D eigenvalue weighted by molar-refractivity contribution is 7.10. The quantitative estimate of drug-likeness (QED) is 0.735. The average molecular weight is 433 g/mol. The van der Waals surface area contributed by atoms with Crippen molar-refractivity contribution in [1.29, 1.82) is 0 Å². The Hall–Kier alpha value is -2.09. The molecular formula is C22H32N4O3S. The lowest BCUT2D eigenvalue weighted by Crippen LogP contribution is -2.53. The number of fused-ring (bicyclic) bond motifs is 1. The van der Waals surface area contributed by atoms with Gasteiger partial charge in [0.15, 0.2) is 0 Å². The Bertz CT molecular complexity index is 816. The van der Waals surface area contributed by atoms with Crippen molar-refractivity contribution in [2.75, 3.05) is 53.4 Å². The van der Waals surface area contributed by atoms with Crippen LogP contribution < -0.4 is 0 Å². The second-order valence-corrected chi connectivity index (χ2v) is 10.2. The smallest absolute Gasteiger partial charge is 0.319 e. The van der Waals surface area contributed by atoms with E-state index < -0.39 is 5.41 Å². The van der Waals surface area contributed by atoms with Crippen molar-refractivity contribution in [1.82, 2.24) is 19.6 Å². The number of hydrogen-bond donors (Lipinski definition) is 0. The molecule has 3 saturated heterocycles. The van der Waals surface area contributed by atoms with Gasteiger partial charge in [-0.05, 0) is 37.6 Å². The van der Waals surface area contributed by atoms with Crippen LogP contribution >= 0.6 is 11.3 Å². The first-order valence-corrected chi connectivity index (χ1v) is 11.8. The molecule has 164 valence electrons. The zero-order valence-corrected chi connectivity index (χ0v) is 19.0. The summed E-state index contributed by atoms with van der Waals surface area (Å²) in [6.07, 6.45) is 2.82. The van der Waals surface area contributed by atoms with E-state index in [4.69, 9.17) is 0 Å². The van der Waals surface area contributed by atoms with E-state index in [1.54, 1.807) is 30.3 Å². The van der Waals surface area contributed by atoms with Gasteiger partial charge in [0.1, 0.15) is 0 Å². The van der Waals surface area contributed by atoms with Crippen molar-refractivity contribution in [3.8, 4) is 0 Å². The van der Waals surface area contributed by atoms with Gasteiger partial charge in [0.2, 0.25) is 11.8 Å². The molecule has 1 aromatic heterocycles. The van der Waals surface area contributed by atoms with Crippen LogP contribution in [0.2, 0.25) is 0 Å². The fourth-order valence-electron chi connectivity index (χ4n) is 5.76. The van der Waals surface area contributed by atoms with Crippen molar-refractivity contribution >= 4 is 29.2 Å². The summed E-state index contributed by atoms with van der Waals surface area (Å²) >= 11 is 1.61.